The minimum atomic E-state index is -0.922. The van der Waals surface area contributed by atoms with E-state index < -0.39 is 10.8 Å². The summed E-state index contributed by atoms with van der Waals surface area (Å²) in [6, 6.07) is 4.10. The van der Waals surface area contributed by atoms with E-state index in [1.54, 1.807) is 22.6 Å². The number of primary amides is 1. The Kier molecular flexibility index (Phi) is 3.21. The second kappa shape index (κ2) is 4.22. The van der Waals surface area contributed by atoms with Crippen LogP contribution in [0.1, 0.15) is 15.9 Å². The lowest BCUT2D eigenvalue weighted by Crippen LogP contribution is -2.14. The van der Waals surface area contributed by atoms with Crippen LogP contribution < -0.4 is 5.73 Å². The molecule has 0 saturated heterocycles. The van der Waals surface area contributed by atoms with E-state index in [1.165, 1.54) is 0 Å². The van der Waals surface area contributed by atoms with Crippen LogP contribution in [-0.2, 0) is 0 Å². The van der Waals surface area contributed by atoms with Crippen LogP contribution in [0.15, 0.2) is 12.1 Å². The van der Waals surface area contributed by atoms with E-state index in [2.05, 4.69) is 0 Å². The van der Waals surface area contributed by atoms with Crippen molar-refractivity contribution in [1.82, 2.24) is 0 Å². The fraction of sp³-hybridized carbons (Fsp3) is 0. The number of amides is 1. The topological polar surface area (TPSA) is 110 Å². The van der Waals surface area contributed by atoms with Crippen molar-refractivity contribution >= 4 is 34.2 Å². The molecule has 1 amide bonds. The van der Waals surface area contributed by atoms with Gasteiger partial charge in [0, 0.05) is 9.64 Å². The molecule has 0 saturated carbocycles. The Hall–Kier alpha value is -1.69. The van der Waals surface area contributed by atoms with Crippen LogP contribution in [0.3, 0.4) is 0 Å². The molecule has 7 heteroatoms. The van der Waals surface area contributed by atoms with Crippen molar-refractivity contribution in [3.05, 3.63) is 36.9 Å². The lowest BCUT2D eigenvalue weighted by Gasteiger charge is -2.00. The van der Waals surface area contributed by atoms with Gasteiger partial charge < -0.3 is 5.73 Å². The standard InChI is InChI=1S/C8H4IN3O3/c9-6-2-7(12(14)15)5(8(11)13)1-4(6)3-10/h1-2H,(H2,11,13). The van der Waals surface area contributed by atoms with E-state index in [-0.39, 0.29) is 16.8 Å². The van der Waals surface area contributed by atoms with Crippen LogP contribution in [0, 0.1) is 25.0 Å². The van der Waals surface area contributed by atoms with Crippen LogP contribution in [0.5, 0.6) is 0 Å². The van der Waals surface area contributed by atoms with Crippen molar-refractivity contribution in [3.8, 4) is 6.07 Å². The minimum absolute atomic E-state index is 0.190. The number of benzene rings is 1. The van der Waals surface area contributed by atoms with Crippen molar-refractivity contribution in [1.29, 1.82) is 5.26 Å². The van der Waals surface area contributed by atoms with Crippen molar-refractivity contribution in [3.63, 3.8) is 0 Å². The van der Waals surface area contributed by atoms with Gasteiger partial charge in [0.25, 0.3) is 11.6 Å². The number of hydrogen-bond acceptors (Lipinski definition) is 4. The Labute approximate surface area is 98.0 Å². The zero-order valence-electron chi connectivity index (χ0n) is 7.23. The zero-order valence-corrected chi connectivity index (χ0v) is 9.39. The number of hydrogen-bond donors (Lipinski definition) is 1. The molecule has 0 unspecified atom stereocenters. The fourth-order valence-corrected chi connectivity index (χ4v) is 1.57. The Morgan fingerprint density at radius 1 is 1.60 bits per heavy atom. The van der Waals surface area contributed by atoms with E-state index >= 15 is 0 Å². The molecule has 0 aliphatic rings. The van der Waals surface area contributed by atoms with Gasteiger partial charge in [-0.15, -0.1) is 0 Å². The predicted molar refractivity (Wildman–Crippen MR) is 59.0 cm³/mol. The van der Waals surface area contributed by atoms with Crippen LogP contribution in [0.25, 0.3) is 0 Å². The monoisotopic (exact) mass is 317 g/mol. The molecule has 15 heavy (non-hydrogen) atoms. The van der Waals surface area contributed by atoms with Gasteiger partial charge in [0.15, 0.2) is 0 Å². The molecule has 1 aromatic carbocycles. The summed E-state index contributed by atoms with van der Waals surface area (Å²) >= 11 is 1.78. The first kappa shape index (κ1) is 11.4. The number of nitrogens with zero attached hydrogens (tertiary/aromatic N) is 2. The largest absolute Gasteiger partial charge is 0.365 e. The van der Waals surface area contributed by atoms with E-state index in [1.807, 2.05) is 6.07 Å². The number of carbonyl (C=O) groups excluding carboxylic acids is 1. The van der Waals surface area contributed by atoms with Gasteiger partial charge in [0.2, 0.25) is 0 Å². The third-order valence-corrected chi connectivity index (χ3v) is 2.56. The molecule has 0 spiro atoms. The molecular weight excluding hydrogens is 313 g/mol. The molecule has 0 aliphatic heterocycles. The summed E-state index contributed by atoms with van der Waals surface area (Å²) in [5, 5.41) is 19.3. The third kappa shape index (κ3) is 2.21. The number of nitrogens with two attached hydrogens (primary N) is 1. The molecule has 6 nitrogen and oxygen atoms in total. The highest BCUT2D eigenvalue weighted by Gasteiger charge is 2.20. The Morgan fingerprint density at radius 3 is 2.60 bits per heavy atom. The summed E-state index contributed by atoms with van der Waals surface area (Å²) in [6.07, 6.45) is 0. The third-order valence-electron chi connectivity index (χ3n) is 1.67. The fourth-order valence-electron chi connectivity index (χ4n) is 0.997. The maximum atomic E-state index is 10.9. The molecule has 0 heterocycles. The Bertz CT molecular complexity index is 493. The summed E-state index contributed by atoms with van der Waals surface area (Å²) in [4.78, 5) is 20.8. The van der Waals surface area contributed by atoms with Crippen molar-refractivity contribution in [2.75, 3.05) is 0 Å². The first-order chi connectivity index (χ1) is 6.97. The number of rotatable bonds is 2. The van der Waals surface area contributed by atoms with Crippen LogP contribution >= 0.6 is 22.6 Å². The summed E-state index contributed by atoms with van der Waals surface area (Å²) < 4.78 is 0.409. The lowest BCUT2D eigenvalue weighted by molar-refractivity contribution is -0.385. The number of nitriles is 1. The van der Waals surface area contributed by atoms with E-state index in [4.69, 9.17) is 11.0 Å². The highest BCUT2D eigenvalue weighted by Crippen LogP contribution is 2.24. The summed E-state index contributed by atoms with van der Waals surface area (Å²) in [5.74, 6) is -0.922. The number of nitro benzene ring substituents is 1. The van der Waals surface area contributed by atoms with Gasteiger partial charge >= 0.3 is 0 Å². The summed E-state index contributed by atoms with van der Waals surface area (Å²) in [7, 11) is 0. The Morgan fingerprint density at radius 2 is 2.20 bits per heavy atom. The minimum Gasteiger partial charge on any atom is -0.365 e. The SMILES string of the molecule is N#Cc1cc(C(N)=O)c([N+](=O)[O-])cc1I. The van der Waals surface area contributed by atoms with Crippen molar-refractivity contribution in [2.45, 2.75) is 0 Å². The van der Waals surface area contributed by atoms with Crippen LogP contribution in [-0.4, -0.2) is 10.8 Å². The van der Waals surface area contributed by atoms with E-state index in [0.29, 0.717) is 3.57 Å². The second-order valence-electron chi connectivity index (χ2n) is 2.58. The maximum Gasteiger partial charge on any atom is 0.283 e. The Balaban J connectivity index is 3.54. The van der Waals surface area contributed by atoms with Gasteiger partial charge in [-0.1, -0.05) is 0 Å². The average molecular weight is 317 g/mol. The molecule has 1 rings (SSSR count). The second-order valence-corrected chi connectivity index (χ2v) is 3.74. The molecule has 0 radical (unpaired) electrons. The van der Waals surface area contributed by atoms with Crippen LogP contribution in [0.4, 0.5) is 5.69 Å². The molecule has 2 N–H and O–H groups in total. The first-order valence-corrected chi connectivity index (χ1v) is 4.73. The maximum absolute atomic E-state index is 10.9. The molecule has 1 aromatic rings. The molecule has 0 bridgehead atoms. The van der Waals surface area contributed by atoms with E-state index in [0.717, 1.165) is 12.1 Å². The summed E-state index contributed by atoms with van der Waals surface area (Å²) in [6.45, 7) is 0. The molecule has 0 aromatic heterocycles. The predicted octanol–water partition coefficient (Wildman–Crippen LogP) is 1.17. The molecule has 0 fully saturated rings. The van der Waals surface area contributed by atoms with Crippen molar-refractivity contribution in [2.24, 2.45) is 5.73 Å². The number of nitro groups is 1. The molecule has 0 aliphatic carbocycles. The normalized spacial score (nSPS) is 9.33. The molecule has 0 atom stereocenters. The number of carbonyl (C=O) groups is 1. The van der Waals surface area contributed by atoms with Crippen LogP contribution in [0.2, 0.25) is 0 Å². The van der Waals surface area contributed by atoms with Gasteiger partial charge in [-0.3, -0.25) is 14.9 Å². The highest BCUT2D eigenvalue weighted by atomic mass is 127. The average Bonchev–Trinajstić information content (AvgIpc) is 2.16. The van der Waals surface area contributed by atoms with E-state index in [9.17, 15) is 14.9 Å². The van der Waals surface area contributed by atoms with Gasteiger partial charge in [0.1, 0.15) is 11.6 Å². The van der Waals surface area contributed by atoms with Gasteiger partial charge in [-0.2, -0.15) is 5.26 Å². The highest BCUT2D eigenvalue weighted by molar-refractivity contribution is 14.1. The first-order valence-electron chi connectivity index (χ1n) is 3.65. The van der Waals surface area contributed by atoms with Gasteiger partial charge in [-0.25, -0.2) is 0 Å². The van der Waals surface area contributed by atoms with Crippen molar-refractivity contribution < 1.29 is 9.72 Å². The zero-order chi connectivity index (χ0) is 11.6. The number of halogens is 1. The van der Waals surface area contributed by atoms with Gasteiger partial charge in [0.05, 0.1) is 10.5 Å². The van der Waals surface area contributed by atoms with Gasteiger partial charge in [-0.05, 0) is 28.7 Å². The quantitative estimate of drug-likeness (QED) is 0.501. The molecule has 76 valence electrons. The summed E-state index contributed by atoms with van der Waals surface area (Å²) in [5.41, 5.74) is 4.52. The lowest BCUT2D eigenvalue weighted by atomic mass is 10.1. The molecular formula is C8H4IN3O3. The smallest absolute Gasteiger partial charge is 0.283 e.